The third kappa shape index (κ3) is 4.97. The van der Waals surface area contributed by atoms with Crippen LogP contribution in [0.5, 0.6) is 0 Å². The Hall–Kier alpha value is -6.58. The quantitative estimate of drug-likeness (QED) is 0.172. The molecule has 1 atom stereocenters. The van der Waals surface area contributed by atoms with E-state index < -0.39 is 0 Å². The number of allylic oxidation sites excluding steroid dienone is 4. The van der Waals surface area contributed by atoms with E-state index >= 15 is 0 Å². The predicted octanol–water partition coefficient (Wildman–Crippen LogP) is 13.5. The van der Waals surface area contributed by atoms with Gasteiger partial charge in [-0.2, -0.15) is 0 Å². The Morgan fingerprint density at radius 1 is 0.462 bits per heavy atom. The Bertz CT molecular complexity index is 2760. The minimum absolute atomic E-state index is 0.555. The average molecular weight is 668 g/mol. The largest absolute Gasteiger partial charge is 0.311 e. The third-order valence-corrected chi connectivity index (χ3v) is 10.6. The molecular formula is C49H37N3. The van der Waals surface area contributed by atoms with Gasteiger partial charge in [0, 0.05) is 50.0 Å². The van der Waals surface area contributed by atoms with Gasteiger partial charge in [-0.1, -0.05) is 110 Å². The lowest BCUT2D eigenvalue weighted by molar-refractivity contribution is 0.735. The molecule has 1 aliphatic rings. The van der Waals surface area contributed by atoms with Gasteiger partial charge in [0.2, 0.25) is 0 Å². The van der Waals surface area contributed by atoms with Gasteiger partial charge >= 0.3 is 0 Å². The first kappa shape index (κ1) is 30.3. The molecule has 0 saturated heterocycles. The van der Waals surface area contributed by atoms with Crippen LogP contribution in [-0.2, 0) is 0 Å². The molecule has 3 heteroatoms. The van der Waals surface area contributed by atoms with Gasteiger partial charge in [-0.25, -0.2) is 0 Å². The molecule has 9 aromatic rings. The molecule has 1 unspecified atom stereocenters. The van der Waals surface area contributed by atoms with Crippen molar-refractivity contribution in [3.05, 3.63) is 188 Å². The molecule has 0 amide bonds. The number of para-hydroxylation sites is 4. The molecule has 2 aromatic heterocycles. The van der Waals surface area contributed by atoms with E-state index in [1.54, 1.807) is 0 Å². The Labute approximate surface area is 303 Å². The zero-order valence-corrected chi connectivity index (χ0v) is 29.0. The van der Waals surface area contributed by atoms with Crippen molar-refractivity contribution in [1.82, 2.24) is 9.13 Å². The van der Waals surface area contributed by atoms with Gasteiger partial charge in [0.05, 0.1) is 22.1 Å². The standard InChI is InChI=1S/C49H37N3/c1-34-21-26-41(27-22-34)52-46-20-12-11-19-42(46)44-32-49-45(33-48(44)52)43-31-36(25-30-47(43)51(49)39-17-9-4-10-18-39)35-23-28-40(29-24-35)50(37-13-5-2-6-14-37)38-15-7-3-8-16-38/h2-21,23-34H,22H2,1H3. The molecule has 0 spiro atoms. The van der Waals surface area contributed by atoms with Gasteiger partial charge in [0.1, 0.15) is 0 Å². The van der Waals surface area contributed by atoms with Crippen molar-refractivity contribution < 1.29 is 0 Å². The van der Waals surface area contributed by atoms with Crippen molar-refractivity contribution in [2.75, 3.05) is 4.90 Å². The van der Waals surface area contributed by atoms with Crippen LogP contribution in [-0.4, -0.2) is 9.13 Å². The molecule has 7 aromatic carbocycles. The molecule has 0 N–H and O–H groups in total. The van der Waals surface area contributed by atoms with Crippen LogP contribution in [0.25, 0.3) is 66.1 Å². The maximum atomic E-state index is 2.46. The summed E-state index contributed by atoms with van der Waals surface area (Å²) in [6.45, 7) is 2.28. The molecule has 52 heavy (non-hydrogen) atoms. The summed E-state index contributed by atoms with van der Waals surface area (Å²) in [6.07, 6.45) is 8.08. The van der Waals surface area contributed by atoms with E-state index in [1.165, 1.54) is 60.4 Å². The number of benzene rings is 7. The zero-order valence-electron chi connectivity index (χ0n) is 29.0. The number of anilines is 3. The van der Waals surface area contributed by atoms with E-state index in [4.69, 9.17) is 0 Å². The second-order valence-corrected chi connectivity index (χ2v) is 13.9. The van der Waals surface area contributed by atoms with Crippen molar-refractivity contribution in [1.29, 1.82) is 0 Å². The highest BCUT2D eigenvalue weighted by Crippen LogP contribution is 2.42. The van der Waals surface area contributed by atoms with Gasteiger partial charge < -0.3 is 14.0 Å². The first-order chi connectivity index (χ1) is 25.7. The third-order valence-electron chi connectivity index (χ3n) is 10.6. The number of fused-ring (bicyclic) bond motifs is 6. The van der Waals surface area contributed by atoms with Gasteiger partial charge in [0.25, 0.3) is 0 Å². The molecule has 1 aliphatic carbocycles. The molecule has 0 bridgehead atoms. The van der Waals surface area contributed by atoms with E-state index in [0.717, 1.165) is 29.2 Å². The fourth-order valence-electron chi connectivity index (χ4n) is 8.08. The highest BCUT2D eigenvalue weighted by atomic mass is 15.1. The SMILES string of the molecule is CC1C=CC(n2c3ccccc3c3cc4c(cc32)c2cc(-c3ccc(N(c5ccccc5)c5ccccc5)cc3)ccc2n4-c2ccccc2)=CC1. The lowest BCUT2D eigenvalue weighted by Gasteiger charge is -2.25. The predicted molar refractivity (Wildman–Crippen MR) is 221 cm³/mol. The summed E-state index contributed by atoms with van der Waals surface area (Å²) in [4.78, 5) is 2.31. The number of hydrogen-bond donors (Lipinski definition) is 0. The monoisotopic (exact) mass is 667 g/mol. The number of rotatable bonds is 6. The second kappa shape index (κ2) is 12.3. The van der Waals surface area contributed by atoms with E-state index in [9.17, 15) is 0 Å². The summed E-state index contributed by atoms with van der Waals surface area (Å²) >= 11 is 0. The van der Waals surface area contributed by atoms with E-state index in [2.05, 4.69) is 209 Å². The molecule has 2 heterocycles. The van der Waals surface area contributed by atoms with Crippen LogP contribution in [0.3, 0.4) is 0 Å². The first-order valence-electron chi connectivity index (χ1n) is 18.2. The number of aromatic nitrogens is 2. The van der Waals surface area contributed by atoms with Crippen molar-refractivity contribution in [2.45, 2.75) is 13.3 Å². The minimum atomic E-state index is 0.555. The zero-order chi connectivity index (χ0) is 34.6. The summed E-state index contributed by atoms with van der Waals surface area (Å²) in [7, 11) is 0. The van der Waals surface area contributed by atoms with Gasteiger partial charge in [0.15, 0.2) is 0 Å². The van der Waals surface area contributed by atoms with Crippen molar-refractivity contribution in [3.63, 3.8) is 0 Å². The fourth-order valence-corrected chi connectivity index (χ4v) is 8.08. The summed E-state index contributed by atoms with van der Waals surface area (Å²) in [6, 6.07) is 61.6. The van der Waals surface area contributed by atoms with Crippen LogP contribution in [0.2, 0.25) is 0 Å². The van der Waals surface area contributed by atoms with Crippen molar-refractivity contribution >= 4 is 66.4 Å². The maximum Gasteiger partial charge on any atom is 0.0548 e. The average Bonchev–Trinajstić information content (AvgIpc) is 3.70. The maximum absolute atomic E-state index is 2.46. The van der Waals surface area contributed by atoms with Crippen molar-refractivity contribution in [3.8, 4) is 16.8 Å². The molecule has 3 nitrogen and oxygen atoms in total. The van der Waals surface area contributed by atoms with Crippen molar-refractivity contribution in [2.24, 2.45) is 5.92 Å². The highest BCUT2D eigenvalue weighted by molar-refractivity contribution is 6.20. The normalized spacial score (nSPS) is 14.4. The Kier molecular flexibility index (Phi) is 7.17. The minimum Gasteiger partial charge on any atom is -0.311 e. The smallest absolute Gasteiger partial charge is 0.0548 e. The topological polar surface area (TPSA) is 13.1 Å². The van der Waals surface area contributed by atoms with Gasteiger partial charge in [-0.15, -0.1) is 0 Å². The molecule has 248 valence electrons. The Morgan fingerprint density at radius 3 is 1.67 bits per heavy atom. The van der Waals surface area contributed by atoms with E-state index in [1.807, 2.05) is 0 Å². The van der Waals surface area contributed by atoms with Gasteiger partial charge in [-0.05, 0) is 108 Å². The number of hydrogen-bond acceptors (Lipinski definition) is 1. The van der Waals surface area contributed by atoms with Crippen LogP contribution in [0.15, 0.2) is 188 Å². The van der Waals surface area contributed by atoms with Gasteiger partial charge in [-0.3, -0.25) is 0 Å². The molecule has 10 rings (SSSR count). The molecule has 0 radical (unpaired) electrons. The summed E-state index contributed by atoms with van der Waals surface area (Å²) in [5, 5.41) is 5.05. The lowest BCUT2D eigenvalue weighted by atomic mass is 10.0. The van der Waals surface area contributed by atoms with Crippen LogP contribution >= 0.6 is 0 Å². The molecule has 0 saturated carbocycles. The first-order valence-corrected chi connectivity index (χ1v) is 18.2. The Morgan fingerprint density at radius 2 is 1.00 bits per heavy atom. The van der Waals surface area contributed by atoms with Crippen LogP contribution in [0, 0.1) is 5.92 Å². The fraction of sp³-hybridized carbons (Fsp3) is 0.0612. The summed E-state index contributed by atoms with van der Waals surface area (Å²) in [5.74, 6) is 0.555. The summed E-state index contributed by atoms with van der Waals surface area (Å²) < 4.78 is 4.90. The van der Waals surface area contributed by atoms with Crippen LogP contribution < -0.4 is 4.90 Å². The second-order valence-electron chi connectivity index (χ2n) is 13.9. The van der Waals surface area contributed by atoms with E-state index in [0.29, 0.717) is 5.92 Å². The Balaban J connectivity index is 1.17. The lowest BCUT2D eigenvalue weighted by Crippen LogP contribution is -2.09. The molecule has 0 fully saturated rings. The van der Waals surface area contributed by atoms with E-state index in [-0.39, 0.29) is 0 Å². The molecular weight excluding hydrogens is 631 g/mol. The van der Waals surface area contributed by atoms with Crippen LogP contribution in [0.4, 0.5) is 17.1 Å². The number of nitrogens with zero attached hydrogens (tertiary/aromatic N) is 3. The molecule has 0 aliphatic heterocycles. The summed E-state index contributed by atoms with van der Waals surface area (Å²) in [5.41, 5.74) is 13.1. The van der Waals surface area contributed by atoms with Crippen LogP contribution in [0.1, 0.15) is 13.3 Å². The highest BCUT2D eigenvalue weighted by Gasteiger charge is 2.20.